The predicted molar refractivity (Wildman–Crippen MR) is 181 cm³/mol. The second-order valence-corrected chi connectivity index (χ2v) is 12.4. The third-order valence-corrected chi connectivity index (χ3v) is 9.15. The van der Waals surface area contributed by atoms with E-state index in [-0.39, 0.29) is 23.4 Å². The summed E-state index contributed by atoms with van der Waals surface area (Å²) in [5, 5.41) is 4.13. The lowest BCUT2D eigenvalue weighted by molar-refractivity contribution is -0.189. The summed E-state index contributed by atoms with van der Waals surface area (Å²) in [5.41, 5.74) is 3.29. The molecule has 0 amide bonds. The molecule has 49 heavy (non-hydrogen) atoms. The third-order valence-electron chi connectivity index (χ3n) is 9.15. The van der Waals surface area contributed by atoms with Gasteiger partial charge in [0.05, 0.1) is 25.2 Å². The molecular weight excluding hydrogens is 629 g/mol. The van der Waals surface area contributed by atoms with Gasteiger partial charge in [0.25, 0.3) is 0 Å². The first kappa shape index (κ1) is 32.3. The van der Waals surface area contributed by atoms with Crippen LogP contribution in [0.4, 0.5) is 15.8 Å². The summed E-state index contributed by atoms with van der Waals surface area (Å²) in [6.07, 6.45) is 6.37. The molecule has 12 nitrogen and oxygen atoms in total. The van der Waals surface area contributed by atoms with E-state index in [0.717, 1.165) is 48.9 Å². The highest BCUT2D eigenvalue weighted by atomic mass is 19.1. The number of nitrogens with zero attached hydrogens (tertiary/aromatic N) is 7. The van der Waals surface area contributed by atoms with Gasteiger partial charge in [-0.05, 0) is 74.5 Å². The third kappa shape index (κ3) is 6.85. The van der Waals surface area contributed by atoms with Crippen molar-refractivity contribution >= 4 is 17.2 Å². The molecule has 0 saturated carbocycles. The number of carbonyl (C=O) groups is 1. The largest absolute Gasteiger partial charge is 0.491 e. The van der Waals surface area contributed by atoms with Crippen LogP contribution >= 0.6 is 0 Å². The zero-order valence-electron chi connectivity index (χ0n) is 27.4. The van der Waals surface area contributed by atoms with Gasteiger partial charge in [0.2, 0.25) is 5.79 Å². The Morgan fingerprint density at radius 3 is 2.18 bits per heavy atom. The molecule has 7 rings (SSSR count). The van der Waals surface area contributed by atoms with Crippen LogP contribution in [0, 0.1) is 5.82 Å². The highest BCUT2D eigenvalue weighted by Crippen LogP contribution is 2.36. The molecule has 0 aliphatic carbocycles. The Morgan fingerprint density at radius 1 is 0.939 bits per heavy atom. The smallest absolute Gasteiger partial charge is 0.351 e. The number of ketones is 1. The van der Waals surface area contributed by atoms with Crippen LogP contribution in [-0.2, 0) is 26.6 Å². The van der Waals surface area contributed by atoms with Crippen LogP contribution in [0.1, 0.15) is 25.5 Å². The topological polar surface area (TPSA) is 109 Å². The molecule has 0 N–H and O–H groups in total. The Bertz CT molecular complexity index is 1920. The normalized spacial score (nSPS) is 20.0. The predicted octanol–water partition coefficient (Wildman–Crippen LogP) is 4.19. The lowest BCUT2D eigenvalue weighted by Crippen LogP contribution is -2.46. The van der Waals surface area contributed by atoms with Crippen LogP contribution < -0.4 is 20.2 Å². The number of benzene rings is 3. The summed E-state index contributed by atoms with van der Waals surface area (Å²) in [6.45, 7) is 7.53. The lowest BCUT2D eigenvalue weighted by Gasteiger charge is -2.37. The second kappa shape index (κ2) is 13.7. The molecular formula is C36H38FN7O5. The van der Waals surface area contributed by atoms with Gasteiger partial charge in [0, 0.05) is 55.5 Å². The standard InChI is InChI=1S/C36H38FN7O5/c1-26(27(2)45)44-35(46)43(25-39-44)32-9-7-30(8-10-32)41-17-19-42(20-18-41)31-11-13-33(14-12-31)47-21-34-22-48-36(49-34,23-40-16-15-38-24-40)28-3-5-29(37)6-4-28/h3-16,24-26,34H,17-23H2,1-2H3. The number of ether oxygens (including phenoxy) is 3. The van der Waals surface area contributed by atoms with Crippen LogP contribution in [0.25, 0.3) is 5.69 Å². The summed E-state index contributed by atoms with van der Waals surface area (Å²) < 4.78 is 36.9. The van der Waals surface area contributed by atoms with Crippen molar-refractivity contribution in [2.75, 3.05) is 49.2 Å². The molecule has 3 unspecified atom stereocenters. The van der Waals surface area contributed by atoms with Gasteiger partial charge < -0.3 is 28.6 Å². The Morgan fingerprint density at radius 2 is 1.57 bits per heavy atom. The van der Waals surface area contributed by atoms with Gasteiger partial charge in [-0.2, -0.15) is 5.10 Å². The lowest BCUT2D eigenvalue weighted by atomic mass is 10.1. The first-order valence-corrected chi connectivity index (χ1v) is 16.3. The molecule has 2 saturated heterocycles. The maximum absolute atomic E-state index is 13.7. The number of carbonyl (C=O) groups excluding carboxylic acids is 1. The van der Waals surface area contributed by atoms with Crippen molar-refractivity contribution in [1.29, 1.82) is 0 Å². The number of Topliss-reactive ketones (excluding diaryl/α,β-unsaturated/α-hetero) is 1. The SMILES string of the molecule is CC(=O)C(C)n1ncn(-c2ccc(N3CCN(c4ccc(OCC5COC(Cn6ccnc6)(c6ccc(F)cc6)O5)cc4)CC3)cc2)c1=O. The zero-order valence-corrected chi connectivity index (χ0v) is 27.4. The molecule has 0 spiro atoms. The van der Waals surface area contributed by atoms with Crippen molar-refractivity contribution in [2.24, 2.45) is 0 Å². The number of halogens is 1. The van der Waals surface area contributed by atoms with Crippen molar-refractivity contribution in [1.82, 2.24) is 23.9 Å². The Hall–Kier alpha value is -5.27. The molecule has 2 aliphatic rings. The van der Waals surface area contributed by atoms with E-state index in [1.54, 1.807) is 31.6 Å². The summed E-state index contributed by atoms with van der Waals surface area (Å²) >= 11 is 0. The minimum absolute atomic E-state index is 0.120. The van der Waals surface area contributed by atoms with E-state index in [2.05, 4.69) is 32.0 Å². The van der Waals surface area contributed by atoms with E-state index in [9.17, 15) is 14.0 Å². The second-order valence-electron chi connectivity index (χ2n) is 12.4. The molecule has 2 aliphatic heterocycles. The molecule has 2 aromatic heterocycles. The quantitative estimate of drug-likeness (QED) is 0.205. The average Bonchev–Trinajstić information content (AvgIpc) is 3.89. The van der Waals surface area contributed by atoms with Crippen LogP contribution in [0.2, 0.25) is 0 Å². The molecule has 3 atom stereocenters. The van der Waals surface area contributed by atoms with Crippen LogP contribution in [0.15, 0.2) is 103 Å². The van der Waals surface area contributed by atoms with E-state index in [0.29, 0.717) is 25.4 Å². The van der Waals surface area contributed by atoms with E-state index in [1.807, 2.05) is 47.2 Å². The Balaban J connectivity index is 0.917. The highest BCUT2D eigenvalue weighted by molar-refractivity contribution is 5.79. The summed E-state index contributed by atoms with van der Waals surface area (Å²) in [6, 6.07) is 21.5. The average molecular weight is 668 g/mol. The van der Waals surface area contributed by atoms with Gasteiger partial charge in [0.1, 0.15) is 36.6 Å². The molecule has 13 heteroatoms. The minimum Gasteiger partial charge on any atom is -0.491 e. The van der Waals surface area contributed by atoms with Crippen molar-refractivity contribution in [3.8, 4) is 11.4 Å². The highest BCUT2D eigenvalue weighted by Gasteiger charge is 2.44. The monoisotopic (exact) mass is 667 g/mol. The van der Waals surface area contributed by atoms with Crippen LogP contribution in [0.5, 0.6) is 5.75 Å². The zero-order chi connectivity index (χ0) is 34.0. The maximum Gasteiger partial charge on any atom is 0.351 e. The Labute approximate surface area is 282 Å². The molecule has 2 fully saturated rings. The van der Waals surface area contributed by atoms with E-state index >= 15 is 0 Å². The van der Waals surface area contributed by atoms with E-state index in [4.69, 9.17) is 14.2 Å². The van der Waals surface area contributed by atoms with Crippen LogP contribution in [-0.4, -0.2) is 75.2 Å². The van der Waals surface area contributed by atoms with Crippen LogP contribution in [0.3, 0.4) is 0 Å². The van der Waals surface area contributed by atoms with Crippen molar-refractivity contribution < 1.29 is 23.4 Å². The Kier molecular flexibility index (Phi) is 9.02. The molecule has 3 aromatic carbocycles. The molecule has 0 radical (unpaired) electrons. The number of rotatable bonds is 11. The first-order valence-electron chi connectivity index (χ1n) is 16.3. The number of hydrogen-bond acceptors (Lipinski definition) is 9. The van der Waals surface area contributed by atoms with Gasteiger partial charge in [-0.25, -0.2) is 23.4 Å². The van der Waals surface area contributed by atoms with Gasteiger partial charge in [0.15, 0.2) is 5.78 Å². The minimum atomic E-state index is -1.07. The number of hydrogen-bond donors (Lipinski definition) is 0. The van der Waals surface area contributed by atoms with Gasteiger partial charge in [-0.1, -0.05) is 12.1 Å². The fourth-order valence-electron chi connectivity index (χ4n) is 6.22. The first-order chi connectivity index (χ1) is 23.8. The fourth-order valence-corrected chi connectivity index (χ4v) is 6.22. The van der Waals surface area contributed by atoms with E-state index in [1.165, 1.54) is 34.6 Å². The summed E-state index contributed by atoms with van der Waals surface area (Å²) in [7, 11) is 0. The van der Waals surface area contributed by atoms with Gasteiger partial charge >= 0.3 is 5.69 Å². The number of aromatic nitrogens is 5. The van der Waals surface area contributed by atoms with E-state index < -0.39 is 11.8 Å². The van der Waals surface area contributed by atoms with Crippen molar-refractivity contribution in [3.05, 3.63) is 120 Å². The summed E-state index contributed by atoms with van der Waals surface area (Å²) in [5.74, 6) is -0.777. The molecule has 5 aromatic rings. The molecule has 4 heterocycles. The number of imidazole rings is 1. The van der Waals surface area contributed by atoms with Crippen molar-refractivity contribution in [2.45, 2.75) is 38.3 Å². The maximum atomic E-state index is 13.7. The van der Waals surface area contributed by atoms with Gasteiger partial charge in [-0.15, -0.1) is 0 Å². The number of anilines is 2. The fraction of sp³-hybridized carbons (Fsp3) is 0.333. The molecule has 254 valence electrons. The molecule has 0 bridgehead atoms. The van der Waals surface area contributed by atoms with Gasteiger partial charge in [-0.3, -0.25) is 4.79 Å². The van der Waals surface area contributed by atoms with Crippen molar-refractivity contribution in [3.63, 3.8) is 0 Å². The summed E-state index contributed by atoms with van der Waals surface area (Å²) in [4.78, 5) is 33.3. The number of piperazine rings is 1.